The maximum atomic E-state index is 11.9. The van der Waals surface area contributed by atoms with E-state index in [1.165, 1.54) is 24.6 Å². The zero-order valence-electron chi connectivity index (χ0n) is 9.14. The van der Waals surface area contributed by atoms with E-state index in [1.54, 1.807) is 24.3 Å². The van der Waals surface area contributed by atoms with Crippen molar-refractivity contribution in [3.63, 3.8) is 0 Å². The highest BCUT2D eigenvalue weighted by Crippen LogP contribution is 2.22. The van der Waals surface area contributed by atoms with Gasteiger partial charge in [-0.05, 0) is 12.1 Å². The predicted octanol–water partition coefficient (Wildman–Crippen LogP) is 1.99. The second-order valence-electron chi connectivity index (χ2n) is 3.22. The van der Waals surface area contributed by atoms with Gasteiger partial charge in [-0.3, -0.25) is 10.1 Å². The fourth-order valence-electron chi connectivity index (χ4n) is 1.34. The number of anilines is 2. The second kappa shape index (κ2) is 4.84. The molecule has 1 aromatic carbocycles. The number of para-hydroxylation sites is 1. The summed E-state index contributed by atoms with van der Waals surface area (Å²) >= 11 is 1.22. The first-order chi connectivity index (χ1) is 8.20. The van der Waals surface area contributed by atoms with E-state index in [0.717, 1.165) is 0 Å². The molecule has 5 nitrogen and oxygen atoms in total. The van der Waals surface area contributed by atoms with Crippen LogP contribution in [-0.4, -0.2) is 18.0 Å². The Bertz CT molecular complexity index is 539. The van der Waals surface area contributed by atoms with Gasteiger partial charge < -0.3 is 10.5 Å². The fraction of sp³-hybridized carbons (Fsp3) is 0.0909. The predicted molar refractivity (Wildman–Crippen MR) is 67.5 cm³/mol. The van der Waals surface area contributed by atoms with Crippen molar-refractivity contribution < 1.29 is 9.53 Å². The molecule has 17 heavy (non-hydrogen) atoms. The van der Waals surface area contributed by atoms with Crippen LogP contribution in [0.5, 0.6) is 5.75 Å². The first-order valence-electron chi connectivity index (χ1n) is 4.86. The molecule has 0 saturated carbocycles. The summed E-state index contributed by atoms with van der Waals surface area (Å²) in [5, 5.41) is 3.69. The van der Waals surface area contributed by atoms with Crippen molar-refractivity contribution in [1.82, 2.24) is 4.98 Å². The van der Waals surface area contributed by atoms with Gasteiger partial charge in [-0.1, -0.05) is 23.5 Å². The van der Waals surface area contributed by atoms with Crippen LogP contribution in [0.2, 0.25) is 0 Å². The standard InChI is InChI=1S/C11H11N3O2S/c1-16-8-5-3-2-4-7(8)10(15)14-11-13-6-9(12)17-11/h2-6H,12H2,1H3,(H,13,14,15). The average Bonchev–Trinajstić information content (AvgIpc) is 2.74. The third-order valence-corrected chi connectivity index (χ3v) is 2.84. The Kier molecular flexibility index (Phi) is 3.24. The molecule has 0 bridgehead atoms. The lowest BCUT2D eigenvalue weighted by Crippen LogP contribution is -2.12. The molecule has 1 aromatic heterocycles. The molecule has 3 N–H and O–H groups in total. The van der Waals surface area contributed by atoms with E-state index < -0.39 is 0 Å². The number of rotatable bonds is 3. The Hall–Kier alpha value is -2.08. The van der Waals surface area contributed by atoms with Crippen LogP contribution in [0, 0.1) is 0 Å². The number of nitrogen functional groups attached to an aromatic ring is 1. The quantitative estimate of drug-likeness (QED) is 0.872. The molecule has 0 atom stereocenters. The number of methoxy groups -OCH3 is 1. The van der Waals surface area contributed by atoms with Gasteiger partial charge >= 0.3 is 0 Å². The Morgan fingerprint density at radius 2 is 2.24 bits per heavy atom. The lowest BCUT2D eigenvalue weighted by Gasteiger charge is -2.06. The summed E-state index contributed by atoms with van der Waals surface area (Å²) in [5.74, 6) is 0.256. The van der Waals surface area contributed by atoms with Gasteiger partial charge in [0.05, 0.1) is 18.9 Å². The molecule has 0 aliphatic rings. The van der Waals surface area contributed by atoms with E-state index in [1.807, 2.05) is 0 Å². The monoisotopic (exact) mass is 249 g/mol. The van der Waals surface area contributed by atoms with Gasteiger partial charge in [0.2, 0.25) is 0 Å². The molecule has 0 radical (unpaired) electrons. The Labute approximate surface area is 102 Å². The summed E-state index contributed by atoms with van der Waals surface area (Å²) in [4.78, 5) is 15.9. The number of ether oxygens (including phenoxy) is 1. The van der Waals surface area contributed by atoms with Crippen LogP contribution in [-0.2, 0) is 0 Å². The topological polar surface area (TPSA) is 77.2 Å². The average molecular weight is 249 g/mol. The number of nitrogens with one attached hydrogen (secondary N) is 1. The van der Waals surface area contributed by atoms with E-state index in [4.69, 9.17) is 10.5 Å². The highest BCUT2D eigenvalue weighted by Gasteiger charge is 2.12. The summed E-state index contributed by atoms with van der Waals surface area (Å²) in [6, 6.07) is 6.99. The molecular formula is C11H11N3O2S. The molecule has 1 amide bonds. The molecular weight excluding hydrogens is 238 g/mol. The number of benzene rings is 1. The first-order valence-corrected chi connectivity index (χ1v) is 5.68. The van der Waals surface area contributed by atoms with Crippen molar-refractivity contribution in [3.05, 3.63) is 36.0 Å². The summed E-state index contributed by atoms with van der Waals surface area (Å²) in [5.41, 5.74) is 5.99. The van der Waals surface area contributed by atoms with Crippen LogP contribution in [0.25, 0.3) is 0 Å². The number of amides is 1. The largest absolute Gasteiger partial charge is 0.496 e. The van der Waals surface area contributed by atoms with Crippen LogP contribution in [0.1, 0.15) is 10.4 Å². The van der Waals surface area contributed by atoms with Crippen molar-refractivity contribution in [3.8, 4) is 5.75 Å². The number of hydrogen-bond donors (Lipinski definition) is 2. The molecule has 1 heterocycles. The number of thiazole rings is 1. The SMILES string of the molecule is COc1ccccc1C(=O)Nc1ncc(N)s1. The van der Waals surface area contributed by atoms with Gasteiger partial charge in [0, 0.05) is 0 Å². The number of aromatic nitrogens is 1. The van der Waals surface area contributed by atoms with Crippen molar-refractivity contribution in [2.24, 2.45) is 0 Å². The van der Waals surface area contributed by atoms with Crippen molar-refractivity contribution >= 4 is 27.4 Å². The Morgan fingerprint density at radius 1 is 1.47 bits per heavy atom. The molecule has 0 fully saturated rings. The van der Waals surface area contributed by atoms with Crippen LogP contribution in [0.15, 0.2) is 30.5 Å². The van der Waals surface area contributed by atoms with Crippen molar-refractivity contribution in [1.29, 1.82) is 0 Å². The van der Waals surface area contributed by atoms with Crippen molar-refractivity contribution in [2.75, 3.05) is 18.2 Å². The number of carbonyl (C=O) groups excluding carboxylic acids is 1. The van der Waals surface area contributed by atoms with E-state index in [2.05, 4.69) is 10.3 Å². The van der Waals surface area contributed by atoms with Gasteiger partial charge in [0.1, 0.15) is 10.8 Å². The summed E-state index contributed by atoms with van der Waals surface area (Å²) < 4.78 is 5.11. The molecule has 0 spiro atoms. The normalized spacial score (nSPS) is 9.94. The number of carbonyl (C=O) groups is 1. The van der Waals surface area contributed by atoms with E-state index in [-0.39, 0.29) is 5.91 Å². The highest BCUT2D eigenvalue weighted by atomic mass is 32.1. The summed E-state index contributed by atoms with van der Waals surface area (Å²) in [6.07, 6.45) is 1.50. The first kappa shape index (κ1) is 11.4. The number of nitrogens with zero attached hydrogens (tertiary/aromatic N) is 1. The fourth-order valence-corrected chi connectivity index (χ4v) is 1.92. The van der Waals surface area contributed by atoms with Crippen LogP contribution >= 0.6 is 11.3 Å². The Morgan fingerprint density at radius 3 is 2.88 bits per heavy atom. The minimum Gasteiger partial charge on any atom is -0.496 e. The van der Waals surface area contributed by atoms with Crippen molar-refractivity contribution in [2.45, 2.75) is 0 Å². The van der Waals surface area contributed by atoms with E-state index in [0.29, 0.717) is 21.4 Å². The zero-order valence-corrected chi connectivity index (χ0v) is 9.95. The molecule has 2 rings (SSSR count). The lowest BCUT2D eigenvalue weighted by molar-refractivity contribution is 0.102. The molecule has 0 aliphatic carbocycles. The van der Waals surface area contributed by atoms with Gasteiger partial charge in [-0.15, -0.1) is 0 Å². The maximum Gasteiger partial charge on any atom is 0.261 e. The molecule has 6 heteroatoms. The molecule has 0 unspecified atom stereocenters. The number of hydrogen-bond acceptors (Lipinski definition) is 5. The van der Waals surface area contributed by atoms with Crippen LogP contribution < -0.4 is 15.8 Å². The summed E-state index contributed by atoms with van der Waals surface area (Å²) in [6.45, 7) is 0. The van der Waals surface area contributed by atoms with Gasteiger partial charge in [-0.25, -0.2) is 4.98 Å². The molecule has 88 valence electrons. The number of nitrogens with two attached hydrogens (primary N) is 1. The van der Waals surface area contributed by atoms with Gasteiger partial charge in [0.25, 0.3) is 5.91 Å². The molecule has 0 saturated heterocycles. The van der Waals surface area contributed by atoms with E-state index in [9.17, 15) is 4.79 Å². The minimum absolute atomic E-state index is 0.267. The third-order valence-electron chi connectivity index (χ3n) is 2.10. The van der Waals surface area contributed by atoms with Gasteiger partial charge in [-0.2, -0.15) is 0 Å². The van der Waals surface area contributed by atoms with Gasteiger partial charge in [0.15, 0.2) is 5.13 Å². The minimum atomic E-state index is -0.267. The zero-order chi connectivity index (χ0) is 12.3. The highest BCUT2D eigenvalue weighted by molar-refractivity contribution is 7.19. The smallest absolute Gasteiger partial charge is 0.261 e. The summed E-state index contributed by atoms with van der Waals surface area (Å²) in [7, 11) is 1.52. The molecule has 0 aliphatic heterocycles. The Balaban J connectivity index is 2.20. The van der Waals surface area contributed by atoms with Crippen LogP contribution in [0.3, 0.4) is 0 Å². The third kappa shape index (κ3) is 2.54. The molecule has 2 aromatic rings. The lowest BCUT2D eigenvalue weighted by atomic mass is 10.2. The maximum absolute atomic E-state index is 11.9. The van der Waals surface area contributed by atoms with E-state index >= 15 is 0 Å². The van der Waals surface area contributed by atoms with Crippen LogP contribution in [0.4, 0.5) is 10.1 Å². The second-order valence-corrected chi connectivity index (χ2v) is 4.28.